The molecule has 0 unspecified atom stereocenters. The largest absolute Gasteiger partial charge is 0.0616 e. The smallest absolute Gasteiger partial charge is 0.000775 e. The minimum Gasteiger partial charge on any atom is -0.0616 e. The maximum Gasteiger partial charge on any atom is -0.000775 e. The van der Waals surface area contributed by atoms with Crippen molar-refractivity contribution < 1.29 is 0 Å². The van der Waals surface area contributed by atoms with E-state index in [1.807, 2.05) is 0 Å². The van der Waals surface area contributed by atoms with Gasteiger partial charge in [0.1, 0.15) is 0 Å². The first-order chi connectivity index (χ1) is 10.9. The van der Waals surface area contributed by atoms with Gasteiger partial charge >= 0.3 is 0 Å². The van der Waals surface area contributed by atoms with Crippen LogP contribution >= 0.6 is 0 Å². The molecule has 0 amide bonds. The summed E-state index contributed by atoms with van der Waals surface area (Å²) >= 11 is 0. The number of hydrogen-bond donors (Lipinski definition) is 0. The molecule has 0 nitrogen and oxygen atoms in total. The third-order valence-electron chi connectivity index (χ3n) is 5.01. The Labute approximate surface area is 130 Å². The van der Waals surface area contributed by atoms with Gasteiger partial charge in [-0.15, -0.1) is 0 Å². The van der Waals surface area contributed by atoms with Crippen LogP contribution in [0.4, 0.5) is 0 Å². The molecule has 0 aliphatic heterocycles. The van der Waals surface area contributed by atoms with Crippen LogP contribution in [0.2, 0.25) is 0 Å². The van der Waals surface area contributed by atoms with Crippen molar-refractivity contribution >= 4 is 21.5 Å². The predicted octanol–water partition coefficient (Wildman–Crippen LogP) is 5.49. The first-order valence-electron chi connectivity index (χ1n) is 7.89. The van der Waals surface area contributed by atoms with E-state index in [2.05, 4.69) is 72.8 Å². The molecule has 1 aliphatic rings. The van der Waals surface area contributed by atoms with Gasteiger partial charge in [-0.1, -0.05) is 72.8 Å². The number of hydrogen-bond acceptors (Lipinski definition) is 0. The highest BCUT2D eigenvalue weighted by atomic mass is 14.2. The highest BCUT2D eigenvalue weighted by molar-refractivity contribution is 5.91. The second-order valence-electron chi connectivity index (χ2n) is 6.20. The van der Waals surface area contributed by atoms with E-state index in [0.717, 1.165) is 12.8 Å². The Hall–Kier alpha value is -2.60. The summed E-state index contributed by atoms with van der Waals surface area (Å²) < 4.78 is 0. The van der Waals surface area contributed by atoms with E-state index in [-0.39, 0.29) is 0 Å². The fraction of sp³-hybridized carbons (Fsp3) is 0.0909. The molecule has 0 heteroatoms. The van der Waals surface area contributed by atoms with Crippen molar-refractivity contribution in [1.82, 2.24) is 0 Å². The molecule has 4 aromatic carbocycles. The minimum absolute atomic E-state index is 1.05. The molecule has 0 bridgehead atoms. The van der Waals surface area contributed by atoms with Crippen molar-refractivity contribution in [2.45, 2.75) is 12.8 Å². The molecule has 0 N–H and O–H groups in total. The Kier molecular flexibility index (Phi) is 2.42. The number of benzene rings is 4. The lowest BCUT2D eigenvalue weighted by atomic mass is 9.81. The van der Waals surface area contributed by atoms with Gasteiger partial charge in [0.2, 0.25) is 0 Å². The highest BCUT2D eigenvalue weighted by Crippen LogP contribution is 2.35. The molecule has 1 aliphatic carbocycles. The molecule has 0 radical (unpaired) electrons. The zero-order chi connectivity index (χ0) is 14.5. The number of rotatable bonds is 0. The second kappa shape index (κ2) is 4.45. The highest BCUT2D eigenvalue weighted by Gasteiger charge is 2.19. The number of fused-ring (bicyclic) bond motifs is 6. The van der Waals surface area contributed by atoms with Crippen LogP contribution in [-0.2, 0) is 12.8 Å². The van der Waals surface area contributed by atoms with Crippen molar-refractivity contribution in [3.63, 3.8) is 0 Å². The SMILES string of the molecule is c1ccc2c3c(ccc2c1)Cc1ccc2ccccc2c1C3. The summed E-state index contributed by atoms with van der Waals surface area (Å²) in [5, 5.41) is 5.53. The van der Waals surface area contributed by atoms with Crippen LogP contribution in [0.15, 0.2) is 72.8 Å². The van der Waals surface area contributed by atoms with Crippen LogP contribution < -0.4 is 0 Å². The molecule has 0 spiro atoms. The average Bonchev–Trinajstić information content (AvgIpc) is 2.60. The summed E-state index contributed by atoms with van der Waals surface area (Å²) in [5.41, 5.74) is 6.01. The lowest BCUT2D eigenvalue weighted by molar-refractivity contribution is 1.03. The third kappa shape index (κ3) is 1.64. The molecule has 0 saturated carbocycles. The summed E-state index contributed by atoms with van der Waals surface area (Å²) in [7, 11) is 0. The van der Waals surface area contributed by atoms with Gasteiger partial charge < -0.3 is 0 Å². The maximum atomic E-state index is 2.32. The van der Waals surface area contributed by atoms with Gasteiger partial charge in [-0.25, -0.2) is 0 Å². The fourth-order valence-corrected chi connectivity index (χ4v) is 3.89. The molecule has 22 heavy (non-hydrogen) atoms. The lowest BCUT2D eigenvalue weighted by Gasteiger charge is -2.23. The Morgan fingerprint density at radius 3 is 1.50 bits per heavy atom. The molecule has 0 aromatic heterocycles. The van der Waals surface area contributed by atoms with E-state index in [1.165, 1.54) is 43.8 Å². The Bertz CT molecular complexity index is 941. The van der Waals surface area contributed by atoms with Crippen molar-refractivity contribution in [3.05, 3.63) is 95.1 Å². The van der Waals surface area contributed by atoms with Crippen molar-refractivity contribution in [2.24, 2.45) is 0 Å². The summed E-state index contributed by atoms with van der Waals surface area (Å²) in [6.07, 6.45) is 2.10. The van der Waals surface area contributed by atoms with Crippen molar-refractivity contribution in [3.8, 4) is 0 Å². The third-order valence-corrected chi connectivity index (χ3v) is 5.01. The summed E-state index contributed by atoms with van der Waals surface area (Å²) in [6.45, 7) is 0. The van der Waals surface area contributed by atoms with Crippen LogP contribution in [0.1, 0.15) is 22.3 Å². The molecular weight excluding hydrogens is 264 g/mol. The fourth-order valence-electron chi connectivity index (χ4n) is 3.89. The molecule has 104 valence electrons. The van der Waals surface area contributed by atoms with E-state index >= 15 is 0 Å². The zero-order valence-corrected chi connectivity index (χ0v) is 12.3. The predicted molar refractivity (Wildman–Crippen MR) is 93.5 cm³/mol. The van der Waals surface area contributed by atoms with Gasteiger partial charge in [-0.3, -0.25) is 0 Å². The Balaban J connectivity index is 1.80. The lowest BCUT2D eigenvalue weighted by Crippen LogP contribution is -2.08. The monoisotopic (exact) mass is 280 g/mol. The summed E-state index contributed by atoms with van der Waals surface area (Å²) in [4.78, 5) is 0. The van der Waals surface area contributed by atoms with Crippen LogP contribution in [0.25, 0.3) is 21.5 Å². The van der Waals surface area contributed by atoms with Crippen LogP contribution in [0.5, 0.6) is 0 Å². The normalized spacial score (nSPS) is 13.1. The zero-order valence-electron chi connectivity index (χ0n) is 12.3. The molecule has 0 atom stereocenters. The molecule has 5 rings (SSSR count). The average molecular weight is 280 g/mol. The maximum absolute atomic E-state index is 2.32. The van der Waals surface area contributed by atoms with Crippen LogP contribution in [-0.4, -0.2) is 0 Å². The Morgan fingerprint density at radius 1 is 0.455 bits per heavy atom. The van der Waals surface area contributed by atoms with E-state index in [9.17, 15) is 0 Å². The second-order valence-corrected chi connectivity index (χ2v) is 6.20. The first kappa shape index (κ1) is 12.0. The molecule has 0 saturated heterocycles. The molecule has 0 heterocycles. The molecule has 4 aromatic rings. The van der Waals surface area contributed by atoms with Gasteiger partial charge in [0, 0.05) is 0 Å². The molecular formula is C22H16. The van der Waals surface area contributed by atoms with E-state index < -0.39 is 0 Å². The quantitative estimate of drug-likeness (QED) is 0.352. The van der Waals surface area contributed by atoms with Crippen molar-refractivity contribution in [1.29, 1.82) is 0 Å². The van der Waals surface area contributed by atoms with E-state index in [4.69, 9.17) is 0 Å². The van der Waals surface area contributed by atoms with Crippen LogP contribution in [0.3, 0.4) is 0 Å². The summed E-state index contributed by atoms with van der Waals surface area (Å²) in [6, 6.07) is 26.7. The van der Waals surface area contributed by atoms with Crippen molar-refractivity contribution in [2.75, 3.05) is 0 Å². The van der Waals surface area contributed by atoms with Gasteiger partial charge in [0.25, 0.3) is 0 Å². The van der Waals surface area contributed by atoms with Gasteiger partial charge in [0.15, 0.2) is 0 Å². The molecule has 0 fully saturated rings. The standard InChI is InChI=1S/C22H16/c1-3-7-19-15(5-1)9-11-17-13-18-12-10-16-6-2-4-8-20(16)22(18)14-21(17)19/h1-12H,13-14H2. The summed E-state index contributed by atoms with van der Waals surface area (Å²) in [5.74, 6) is 0. The topological polar surface area (TPSA) is 0 Å². The van der Waals surface area contributed by atoms with E-state index in [0.29, 0.717) is 0 Å². The van der Waals surface area contributed by atoms with Crippen LogP contribution in [0, 0.1) is 0 Å². The first-order valence-corrected chi connectivity index (χ1v) is 7.89. The van der Waals surface area contributed by atoms with E-state index in [1.54, 1.807) is 0 Å². The van der Waals surface area contributed by atoms with Gasteiger partial charge in [-0.2, -0.15) is 0 Å². The Morgan fingerprint density at radius 2 is 0.955 bits per heavy atom. The van der Waals surface area contributed by atoms with Gasteiger partial charge in [0.05, 0.1) is 0 Å². The minimum atomic E-state index is 1.05. The van der Waals surface area contributed by atoms with Gasteiger partial charge in [-0.05, 0) is 56.6 Å².